The van der Waals surface area contributed by atoms with Crippen LogP contribution in [0.2, 0.25) is 0 Å². The Morgan fingerprint density at radius 3 is 3.00 bits per heavy atom. The Morgan fingerprint density at radius 1 is 1.41 bits per heavy atom. The Bertz CT molecular complexity index is 732. The second-order valence-corrected chi connectivity index (χ2v) is 8.23. The third-order valence-electron chi connectivity index (χ3n) is 3.47. The topological polar surface area (TPSA) is 72.4 Å². The molecule has 8 heteroatoms. The van der Waals surface area contributed by atoms with Gasteiger partial charge in [-0.05, 0) is 31.2 Å². The van der Waals surface area contributed by atoms with Gasteiger partial charge in [-0.15, -0.1) is 11.3 Å². The van der Waals surface area contributed by atoms with Crippen LogP contribution >= 0.6 is 11.3 Å². The number of aryl methyl sites for hydroxylation is 1. The highest BCUT2D eigenvalue weighted by molar-refractivity contribution is 7.91. The summed E-state index contributed by atoms with van der Waals surface area (Å²) in [4.78, 5) is 8.23. The standard InChI is InChI=1S/C14H17N3O3S2/c1-11-15-7-6-13(16-11)20-12-4-2-8-17(10-12)22(18,19)14-5-3-9-21-14/h3,5-7,9,12H,2,4,8,10H2,1H3. The zero-order valence-corrected chi connectivity index (χ0v) is 13.8. The third-order valence-corrected chi connectivity index (χ3v) is 6.71. The molecular formula is C14H17N3O3S2. The van der Waals surface area contributed by atoms with E-state index in [2.05, 4.69) is 9.97 Å². The highest BCUT2D eigenvalue weighted by Crippen LogP contribution is 2.25. The molecule has 3 rings (SSSR count). The van der Waals surface area contributed by atoms with Gasteiger partial charge >= 0.3 is 0 Å². The lowest BCUT2D eigenvalue weighted by atomic mass is 10.1. The summed E-state index contributed by atoms with van der Waals surface area (Å²) in [5, 5.41) is 1.77. The molecule has 0 saturated carbocycles. The highest BCUT2D eigenvalue weighted by Gasteiger charge is 2.31. The van der Waals surface area contributed by atoms with E-state index in [0.717, 1.165) is 12.8 Å². The van der Waals surface area contributed by atoms with E-state index in [4.69, 9.17) is 4.74 Å². The third kappa shape index (κ3) is 3.29. The summed E-state index contributed by atoms with van der Waals surface area (Å²) in [6.07, 6.45) is 3.05. The molecule has 3 heterocycles. The SMILES string of the molecule is Cc1nccc(OC2CCCN(S(=O)(=O)c3cccs3)C2)n1. The van der Waals surface area contributed by atoms with E-state index >= 15 is 0 Å². The fourth-order valence-electron chi connectivity index (χ4n) is 2.43. The van der Waals surface area contributed by atoms with E-state index in [9.17, 15) is 8.42 Å². The summed E-state index contributed by atoms with van der Waals surface area (Å²) in [6.45, 7) is 2.67. The van der Waals surface area contributed by atoms with E-state index in [0.29, 0.717) is 29.0 Å². The van der Waals surface area contributed by atoms with Crippen LogP contribution in [-0.4, -0.2) is 41.9 Å². The molecule has 1 aliphatic rings. The van der Waals surface area contributed by atoms with Crippen molar-refractivity contribution in [2.75, 3.05) is 13.1 Å². The summed E-state index contributed by atoms with van der Waals surface area (Å²) in [5.74, 6) is 1.13. The Balaban J connectivity index is 1.72. The second kappa shape index (κ2) is 6.31. The molecule has 2 aromatic rings. The monoisotopic (exact) mass is 339 g/mol. The predicted octanol–water partition coefficient (Wildman–Crippen LogP) is 2.08. The van der Waals surface area contributed by atoms with Crippen molar-refractivity contribution >= 4 is 21.4 Å². The molecule has 118 valence electrons. The van der Waals surface area contributed by atoms with Gasteiger partial charge in [0.05, 0.1) is 6.54 Å². The molecule has 6 nitrogen and oxygen atoms in total. The van der Waals surface area contributed by atoms with Gasteiger partial charge in [-0.1, -0.05) is 6.07 Å². The number of piperidine rings is 1. The summed E-state index contributed by atoms with van der Waals surface area (Å²) in [7, 11) is -3.41. The molecule has 1 atom stereocenters. The number of hydrogen-bond acceptors (Lipinski definition) is 6. The van der Waals surface area contributed by atoms with Crippen molar-refractivity contribution in [1.29, 1.82) is 0 Å². The molecule has 0 aromatic carbocycles. The van der Waals surface area contributed by atoms with Gasteiger partial charge in [0.2, 0.25) is 5.88 Å². The van der Waals surface area contributed by atoms with Gasteiger partial charge in [-0.3, -0.25) is 0 Å². The number of rotatable bonds is 4. The van der Waals surface area contributed by atoms with Gasteiger partial charge in [0.25, 0.3) is 10.0 Å². The molecule has 0 spiro atoms. The molecule has 2 aromatic heterocycles. The molecule has 1 fully saturated rings. The van der Waals surface area contributed by atoms with Crippen LogP contribution in [0.5, 0.6) is 5.88 Å². The molecule has 0 bridgehead atoms. The van der Waals surface area contributed by atoms with Crippen LogP contribution in [0.4, 0.5) is 0 Å². The quantitative estimate of drug-likeness (QED) is 0.853. The molecule has 0 radical (unpaired) electrons. The number of ether oxygens (including phenoxy) is 1. The van der Waals surface area contributed by atoms with Crippen molar-refractivity contribution in [2.45, 2.75) is 30.1 Å². The van der Waals surface area contributed by atoms with Crippen LogP contribution < -0.4 is 4.74 Å². The van der Waals surface area contributed by atoms with Crippen molar-refractivity contribution < 1.29 is 13.2 Å². The van der Waals surface area contributed by atoms with Crippen LogP contribution in [0.3, 0.4) is 0 Å². The first kappa shape index (κ1) is 15.4. The normalized spacial score (nSPS) is 20.0. The Labute approximate surface area is 133 Å². The van der Waals surface area contributed by atoms with Crippen molar-refractivity contribution in [3.63, 3.8) is 0 Å². The zero-order valence-electron chi connectivity index (χ0n) is 12.2. The fraction of sp³-hybridized carbons (Fsp3) is 0.429. The van der Waals surface area contributed by atoms with Gasteiger partial charge in [0, 0.05) is 18.8 Å². The van der Waals surface area contributed by atoms with Gasteiger partial charge in [0.15, 0.2) is 0 Å². The van der Waals surface area contributed by atoms with E-state index < -0.39 is 10.0 Å². The van der Waals surface area contributed by atoms with Crippen LogP contribution in [0.25, 0.3) is 0 Å². The zero-order chi connectivity index (χ0) is 15.6. The second-order valence-electron chi connectivity index (χ2n) is 5.12. The predicted molar refractivity (Wildman–Crippen MR) is 83.5 cm³/mol. The minimum atomic E-state index is -3.41. The number of aromatic nitrogens is 2. The summed E-state index contributed by atoms with van der Waals surface area (Å²) < 4.78 is 32.8. The lowest BCUT2D eigenvalue weighted by Gasteiger charge is -2.31. The lowest BCUT2D eigenvalue weighted by Crippen LogP contribution is -2.44. The van der Waals surface area contributed by atoms with Gasteiger partial charge in [0.1, 0.15) is 16.1 Å². The van der Waals surface area contributed by atoms with E-state index in [1.165, 1.54) is 15.6 Å². The number of thiophene rings is 1. The minimum absolute atomic E-state index is 0.183. The largest absolute Gasteiger partial charge is 0.473 e. The molecule has 1 saturated heterocycles. The first-order valence-corrected chi connectivity index (χ1v) is 9.37. The van der Waals surface area contributed by atoms with Gasteiger partial charge in [-0.2, -0.15) is 9.29 Å². The Kier molecular flexibility index (Phi) is 4.42. The molecule has 1 unspecified atom stereocenters. The Morgan fingerprint density at radius 2 is 2.27 bits per heavy atom. The lowest BCUT2D eigenvalue weighted by molar-refractivity contribution is 0.124. The number of hydrogen-bond donors (Lipinski definition) is 0. The molecule has 0 aliphatic carbocycles. The number of nitrogens with zero attached hydrogens (tertiary/aromatic N) is 3. The maximum absolute atomic E-state index is 12.6. The van der Waals surface area contributed by atoms with Crippen molar-refractivity contribution in [2.24, 2.45) is 0 Å². The number of sulfonamides is 1. The van der Waals surface area contributed by atoms with Gasteiger partial charge in [-0.25, -0.2) is 13.4 Å². The van der Waals surface area contributed by atoms with E-state index in [1.807, 2.05) is 0 Å². The maximum Gasteiger partial charge on any atom is 0.252 e. The van der Waals surface area contributed by atoms with E-state index in [1.54, 1.807) is 36.7 Å². The molecule has 0 amide bonds. The van der Waals surface area contributed by atoms with Crippen molar-refractivity contribution in [3.8, 4) is 5.88 Å². The van der Waals surface area contributed by atoms with Crippen LogP contribution in [0.1, 0.15) is 18.7 Å². The summed E-state index contributed by atoms with van der Waals surface area (Å²) >= 11 is 1.24. The van der Waals surface area contributed by atoms with Crippen LogP contribution in [0.15, 0.2) is 34.0 Å². The average Bonchev–Trinajstić information content (AvgIpc) is 3.02. The minimum Gasteiger partial charge on any atom is -0.473 e. The van der Waals surface area contributed by atoms with Crippen molar-refractivity contribution in [3.05, 3.63) is 35.6 Å². The molecular weight excluding hydrogens is 322 g/mol. The van der Waals surface area contributed by atoms with Gasteiger partial charge < -0.3 is 4.74 Å². The molecule has 22 heavy (non-hydrogen) atoms. The van der Waals surface area contributed by atoms with Crippen molar-refractivity contribution in [1.82, 2.24) is 14.3 Å². The summed E-state index contributed by atoms with van der Waals surface area (Å²) in [5.41, 5.74) is 0. The van der Waals surface area contributed by atoms with Crippen LogP contribution in [0, 0.1) is 6.92 Å². The molecule has 0 N–H and O–H groups in total. The smallest absolute Gasteiger partial charge is 0.252 e. The van der Waals surface area contributed by atoms with Crippen LogP contribution in [-0.2, 0) is 10.0 Å². The maximum atomic E-state index is 12.6. The Hall–Kier alpha value is -1.51. The average molecular weight is 339 g/mol. The summed E-state index contributed by atoms with van der Waals surface area (Å²) in [6, 6.07) is 5.08. The van der Waals surface area contributed by atoms with E-state index in [-0.39, 0.29) is 6.10 Å². The highest BCUT2D eigenvalue weighted by atomic mass is 32.2. The first-order valence-electron chi connectivity index (χ1n) is 7.06. The molecule has 1 aliphatic heterocycles. The first-order chi connectivity index (χ1) is 10.6. The fourth-order valence-corrected chi connectivity index (χ4v) is 5.08.